The van der Waals surface area contributed by atoms with Crippen LogP contribution in [0.4, 0.5) is 11.6 Å². The lowest BCUT2D eigenvalue weighted by Crippen LogP contribution is -2.18. The summed E-state index contributed by atoms with van der Waals surface area (Å²) in [5.74, 6) is 0.773. The molecule has 7 nitrogen and oxygen atoms in total. The van der Waals surface area contributed by atoms with Gasteiger partial charge in [-0.25, -0.2) is 0 Å². The van der Waals surface area contributed by atoms with Crippen LogP contribution in [0.25, 0.3) is 0 Å². The van der Waals surface area contributed by atoms with Crippen LogP contribution in [-0.2, 0) is 13.1 Å². The van der Waals surface area contributed by atoms with E-state index in [1.807, 2.05) is 0 Å². The normalized spacial score (nSPS) is 14.2. The van der Waals surface area contributed by atoms with Gasteiger partial charge in [-0.1, -0.05) is 37.6 Å². The molecule has 0 atom stereocenters. The van der Waals surface area contributed by atoms with Gasteiger partial charge in [-0.15, -0.1) is 0 Å². The van der Waals surface area contributed by atoms with Crippen molar-refractivity contribution in [3.63, 3.8) is 0 Å². The maximum atomic E-state index is 7.61. The lowest BCUT2D eigenvalue weighted by atomic mass is 10.1. The minimum atomic E-state index is 0.250. The van der Waals surface area contributed by atoms with Crippen LogP contribution in [0.15, 0.2) is 24.3 Å². The molecule has 0 bridgehead atoms. The van der Waals surface area contributed by atoms with Crippen molar-refractivity contribution in [2.24, 2.45) is 0 Å². The highest BCUT2D eigenvalue weighted by Gasteiger charge is 2.13. The van der Waals surface area contributed by atoms with Crippen LogP contribution >= 0.6 is 0 Å². The van der Waals surface area contributed by atoms with E-state index in [1.165, 1.54) is 37.7 Å². The molecule has 1 aromatic heterocycles. The molecule has 3 rings (SSSR count). The zero-order valence-corrected chi connectivity index (χ0v) is 16.6. The predicted molar refractivity (Wildman–Crippen MR) is 113 cm³/mol. The number of nitrogen functional groups attached to an aromatic ring is 1. The predicted octanol–water partition coefficient (Wildman–Crippen LogP) is 3.44. The highest BCUT2D eigenvalue weighted by Crippen LogP contribution is 2.21. The second kappa shape index (κ2) is 10.0. The topological polar surface area (TPSA) is 100 Å². The molecule has 0 unspecified atom stereocenters. The Kier molecular flexibility index (Phi) is 7.19. The van der Waals surface area contributed by atoms with Crippen LogP contribution < -0.4 is 15.8 Å². The summed E-state index contributed by atoms with van der Waals surface area (Å²) in [5.41, 5.74) is 8.94. The molecule has 150 valence electrons. The molecule has 1 saturated heterocycles. The Morgan fingerprint density at radius 2 is 1.89 bits per heavy atom. The Balaban J connectivity index is 1.62. The van der Waals surface area contributed by atoms with E-state index in [0.717, 1.165) is 24.9 Å². The Morgan fingerprint density at radius 3 is 2.57 bits per heavy atom. The van der Waals surface area contributed by atoms with Crippen LogP contribution in [0.1, 0.15) is 49.3 Å². The summed E-state index contributed by atoms with van der Waals surface area (Å²) in [4.78, 5) is 11.0. The van der Waals surface area contributed by atoms with Crippen molar-refractivity contribution >= 4 is 17.9 Å². The largest absolute Gasteiger partial charge is 0.463 e. The Morgan fingerprint density at radius 1 is 1.18 bits per heavy atom. The summed E-state index contributed by atoms with van der Waals surface area (Å²) >= 11 is 0. The third kappa shape index (κ3) is 5.42. The van der Waals surface area contributed by atoms with Gasteiger partial charge < -0.3 is 21.2 Å². The third-order valence-corrected chi connectivity index (χ3v) is 4.92. The fraction of sp³-hybridized carbons (Fsp3) is 0.476. The van der Waals surface area contributed by atoms with Crippen molar-refractivity contribution < 1.29 is 4.74 Å². The number of ether oxygens (including phenoxy) is 1. The quantitative estimate of drug-likeness (QED) is 0.430. The second-order valence-corrected chi connectivity index (χ2v) is 7.15. The van der Waals surface area contributed by atoms with Gasteiger partial charge in [0, 0.05) is 19.3 Å². The van der Waals surface area contributed by atoms with Gasteiger partial charge in [0.2, 0.25) is 0 Å². The molecule has 0 amide bonds. The van der Waals surface area contributed by atoms with Crippen molar-refractivity contribution in [1.82, 2.24) is 14.9 Å². The van der Waals surface area contributed by atoms with Crippen molar-refractivity contribution in [1.29, 1.82) is 5.41 Å². The first-order valence-corrected chi connectivity index (χ1v) is 10.0. The number of rotatable bonds is 10. The van der Waals surface area contributed by atoms with Crippen molar-refractivity contribution in [3.8, 4) is 6.01 Å². The van der Waals surface area contributed by atoms with E-state index in [1.54, 1.807) is 0 Å². The Labute approximate surface area is 166 Å². The van der Waals surface area contributed by atoms with Crippen LogP contribution in [0, 0.1) is 5.41 Å². The summed E-state index contributed by atoms with van der Waals surface area (Å²) in [5, 5.41) is 10.9. The second-order valence-electron chi connectivity index (χ2n) is 7.15. The average Bonchev–Trinajstić information content (AvgIpc) is 3.20. The molecule has 4 N–H and O–H groups in total. The number of anilines is 2. The SMILES string of the molecule is CCCCOc1nc(N)c(C=N)c(NCc2ccc(CN3CCCC3)cc2)n1. The van der Waals surface area contributed by atoms with Crippen LogP contribution in [0.5, 0.6) is 6.01 Å². The van der Waals surface area contributed by atoms with Crippen molar-refractivity contribution in [2.75, 3.05) is 30.7 Å². The van der Waals surface area contributed by atoms with Gasteiger partial charge in [-0.05, 0) is 43.5 Å². The molecule has 2 aromatic rings. The summed E-state index contributed by atoms with van der Waals surface area (Å²) < 4.78 is 5.58. The molecule has 0 aliphatic carbocycles. The van der Waals surface area contributed by atoms with E-state index in [0.29, 0.717) is 24.5 Å². The number of unbranched alkanes of at least 4 members (excludes halogenated alkanes) is 1. The molecule has 2 heterocycles. The molecule has 0 spiro atoms. The van der Waals surface area contributed by atoms with Crippen molar-refractivity contribution in [2.45, 2.75) is 45.7 Å². The zero-order chi connectivity index (χ0) is 19.8. The minimum absolute atomic E-state index is 0.250. The molecule has 7 heteroatoms. The van der Waals surface area contributed by atoms with Gasteiger partial charge in [0.05, 0.1) is 12.2 Å². The molecule has 0 radical (unpaired) electrons. The first kappa shape index (κ1) is 20.1. The summed E-state index contributed by atoms with van der Waals surface area (Å²) in [6.45, 7) is 6.67. The van der Waals surface area contributed by atoms with E-state index in [2.05, 4.69) is 51.4 Å². The van der Waals surface area contributed by atoms with E-state index < -0.39 is 0 Å². The molecule has 0 saturated carbocycles. The molecular formula is C21H30N6O. The summed E-state index contributed by atoms with van der Waals surface area (Å²) in [6.07, 6.45) is 5.76. The first-order valence-electron chi connectivity index (χ1n) is 10.0. The first-order chi connectivity index (χ1) is 13.7. The van der Waals surface area contributed by atoms with Crippen molar-refractivity contribution in [3.05, 3.63) is 41.0 Å². The number of likely N-dealkylation sites (tertiary alicyclic amines) is 1. The number of benzene rings is 1. The maximum Gasteiger partial charge on any atom is 0.320 e. The van der Waals surface area contributed by atoms with Gasteiger partial charge in [0.25, 0.3) is 0 Å². The zero-order valence-electron chi connectivity index (χ0n) is 16.6. The van der Waals surface area contributed by atoms with Gasteiger partial charge in [-0.3, -0.25) is 4.90 Å². The standard InChI is InChI=1S/C21H30N6O/c1-2-3-12-28-21-25-19(23)18(13-22)20(26-21)24-14-16-6-8-17(9-7-16)15-27-10-4-5-11-27/h6-9,13,22H,2-5,10-12,14-15H2,1H3,(H3,23,24,25,26). The smallest absolute Gasteiger partial charge is 0.320 e. The molecule has 28 heavy (non-hydrogen) atoms. The van der Waals surface area contributed by atoms with Crippen LogP contribution in [0.2, 0.25) is 0 Å². The Hall–Kier alpha value is -2.67. The monoisotopic (exact) mass is 382 g/mol. The lowest BCUT2D eigenvalue weighted by molar-refractivity contribution is 0.286. The number of hydrogen-bond acceptors (Lipinski definition) is 7. The Bertz CT molecular complexity index is 771. The molecule has 1 fully saturated rings. The minimum Gasteiger partial charge on any atom is -0.463 e. The van der Waals surface area contributed by atoms with Crippen LogP contribution in [0.3, 0.4) is 0 Å². The third-order valence-electron chi connectivity index (χ3n) is 4.92. The summed E-state index contributed by atoms with van der Waals surface area (Å²) in [6, 6.07) is 8.87. The molecular weight excluding hydrogens is 352 g/mol. The summed E-state index contributed by atoms with van der Waals surface area (Å²) in [7, 11) is 0. The van der Waals surface area contributed by atoms with E-state index in [4.69, 9.17) is 15.9 Å². The highest BCUT2D eigenvalue weighted by molar-refractivity contribution is 5.90. The van der Waals surface area contributed by atoms with E-state index in [9.17, 15) is 0 Å². The lowest BCUT2D eigenvalue weighted by Gasteiger charge is -2.15. The molecule has 1 aliphatic heterocycles. The number of hydrogen-bond donors (Lipinski definition) is 3. The number of nitrogens with zero attached hydrogens (tertiary/aromatic N) is 3. The number of aromatic nitrogens is 2. The van der Waals surface area contributed by atoms with Gasteiger partial charge >= 0.3 is 6.01 Å². The highest BCUT2D eigenvalue weighted by atomic mass is 16.5. The molecule has 1 aromatic carbocycles. The number of nitrogens with one attached hydrogen (secondary N) is 2. The van der Waals surface area contributed by atoms with Gasteiger partial charge in [0.1, 0.15) is 11.6 Å². The van der Waals surface area contributed by atoms with E-state index >= 15 is 0 Å². The van der Waals surface area contributed by atoms with E-state index in [-0.39, 0.29) is 11.8 Å². The fourth-order valence-corrected chi connectivity index (χ4v) is 3.26. The number of nitrogens with two attached hydrogens (primary N) is 1. The molecule has 1 aliphatic rings. The average molecular weight is 383 g/mol. The van der Waals surface area contributed by atoms with Gasteiger partial charge in [-0.2, -0.15) is 9.97 Å². The maximum absolute atomic E-state index is 7.61. The van der Waals surface area contributed by atoms with Crippen LogP contribution in [-0.4, -0.2) is 40.8 Å². The fourth-order valence-electron chi connectivity index (χ4n) is 3.26. The van der Waals surface area contributed by atoms with Gasteiger partial charge in [0.15, 0.2) is 0 Å².